The zero-order chi connectivity index (χ0) is 20.8. The lowest BCUT2D eigenvalue weighted by molar-refractivity contribution is -0.145. The Bertz CT molecular complexity index is 869. The molecular formula is C22H26N2O5. The highest BCUT2D eigenvalue weighted by Gasteiger charge is 2.31. The molecule has 7 heteroatoms. The van der Waals surface area contributed by atoms with E-state index >= 15 is 0 Å². The van der Waals surface area contributed by atoms with E-state index in [9.17, 15) is 9.59 Å². The first-order chi connectivity index (χ1) is 14.0. The number of benzene rings is 2. The Labute approximate surface area is 170 Å². The van der Waals surface area contributed by atoms with Crippen molar-refractivity contribution >= 4 is 17.6 Å². The predicted molar refractivity (Wildman–Crippen MR) is 109 cm³/mol. The van der Waals surface area contributed by atoms with Crippen LogP contribution < -0.4 is 20.1 Å². The lowest BCUT2D eigenvalue weighted by Crippen LogP contribution is -2.43. The van der Waals surface area contributed by atoms with E-state index < -0.39 is 6.04 Å². The molecule has 1 heterocycles. The van der Waals surface area contributed by atoms with Crippen LogP contribution in [-0.4, -0.2) is 38.7 Å². The lowest BCUT2D eigenvalue weighted by atomic mass is 10.1. The summed E-state index contributed by atoms with van der Waals surface area (Å²) >= 11 is 0. The minimum absolute atomic E-state index is 0.0897. The molecule has 0 saturated heterocycles. The number of nitrogens with two attached hydrogens (primary N) is 1. The number of methoxy groups -OCH3 is 2. The number of fused-ring (bicyclic) bond motifs is 1. The summed E-state index contributed by atoms with van der Waals surface area (Å²) in [6.07, 6.45) is 0.977. The van der Waals surface area contributed by atoms with Gasteiger partial charge in [0.1, 0.15) is 6.61 Å². The Balaban J connectivity index is 1.56. The molecule has 0 aliphatic carbocycles. The number of rotatable bonds is 8. The fourth-order valence-corrected chi connectivity index (χ4v) is 3.46. The number of hydrogen-bond acceptors (Lipinski definition) is 6. The highest BCUT2D eigenvalue weighted by Crippen LogP contribution is 2.41. The third-order valence-electron chi connectivity index (χ3n) is 4.99. The molecule has 1 aliphatic rings. The van der Waals surface area contributed by atoms with Gasteiger partial charge in [0.05, 0.1) is 25.9 Å². The van der Waals surface area contributed by atoms with Gasteiger partial charge in [-0.2, -0.15) is 0 Å². The highest BCUT2D eigenvalue weighted by atomic mass is 16.5. The summed E-state index contributed by atoms with van der Waals surface area (Å²) < 4.78 is 16.0. The van der Waals surface area contributed by atoms with E-state index in [1.807, 2.05) is 36.4 Å². The number of ether oxygens (including phenoxy) is 3. The minimum atomic E-state index is -0.779. The number of nitrogens with zero attached hydrogens (tertiary/aromatic N) is 1. The van der Waals surface area contributed by atoms with Crippen LogP contribution in [0.5, 0.6) is 11.5 Å². The third-order valence-corrected chi connectivity index (χ3v) is 4.99. The number of esters is 1. The molecule has 7 nitrogen and oxygen atoms in total. The van der Waals surface area contributed by atoms with E-state index in [4.69, 9.17) is 19.9 Å². The molecule has 29 heavy (non-hydrogen) atoms. The summed E-state index contributed by atoms with van der Waals surface area (Å²) in [5, 5.41) is 0. The van der Waals surface area contributed by atoms with Crippen molar-refractivity contribution in [3.63, 3.8) is 0 Å². The van der Waals surface area contributed by atoms with Gasteiger partial charge >= 0.3 is 5.97 Å². The van der Waals surface area contributed by atoms with E-state index in [0.717, 1.165) is 16.8 Å². The first kappa shape index (κ1) is 20.7. The topological polar surface area (TPSA) is 91.1 Å². The summed E-state index contributed by atoms with van der Waals surface area (Å²) in [6.45, 7) is 0.730. The highest BCUT2D eigenvalue weighted by molar-refractivity contribution is 5.99. The predicted octanol–water partition coefficient (Wildman–Crippen LogP) is 2.44. The van der Waals surface area contributed by atoms with Crippen molar-refractivity contribution in [1.29, 1.82) is 0 Å². The molecule has 1 aliphatic heterocycles. The van der Waals surface area contributed by atoms with Crippen LogP contribution in [0.1, 0.15) is 24.0 Å². The third kappa shape index (κ3) is 4.68. The quantitative estimate of drug-likeness (QED) is 0.687. The van der Waals surface area contributed by atoms with Crippen LogP contribution in [-0.2, 0) is 27.4 Å². The second-order valence-corrected chi connectivity index (χ2v) is 6.83. The zero-order valence-electron chi connectivity index (χ0n) is 16.7. The normalized spacial score (nSPS) is 13.6. The number of amides is 1. The molecule has 0 aromatic heterocycles. The molecule has 3 rings (SSSR count). The standard InChI is InChI=1S/C22H26N2O5/c1-27-19-10-9-18-16(21(19)28-2)12-13-24(18)22(26)17(23)8-11-20(25)29-14-15-6-4-3-5-7-15/h3-7,9-10,17H,8,11-14,23H2,1-2H3/t17-/m0/s1. The average molecular weight is 398 g/mol. The molecule has 2 aromatic carbocycles. The van der Waals surface area contributed by atoms with Crippen molar-refractivity contribution in [2.24, 2.45) is 5.73 Å². The van der Waals surface area contributed by atoms with Crippen LogP contribution in [0.2, 0.25) is 0 Å². The summed E-state index contributed by atoms with van der Waals surface area (Å²) in [7, 11) is 3.16. The molecule has 2 aromatic rings. The smallest absolute Gasteiger partial charge is 0.306 e. The van der Waals surface area contributed by atoms with Crippen LogP contribution in [0.25, 0.3) is 0 Å². The Kier molecular flexibility index (Phi) is 6.72. The van der Waals surface area contributed by atoms with Gasteiger partial charge < -0.3 is 24.8 Å². The molecular weight excluding hydrogens is 372 g/mol. The van der Waals surface area contributed by atoms with Gasteiger partial charge in [-0.15, -0.1) is 0 Å². The van der Waals surface area contributed by atoms with Crippen LogP contribution in [0.4, 0.5) is 5.69 Å². The number of carbonyl (C=O) groups excluding carboxylic acids is 2. The average Bonchev–Trinajstić information content (AvgIpc) is 3.19. The molecule has 1 atom stereocenters. The van der Waals surface area contributed by atoms with Crippen molar-refractivity contribution in [3.05, 3.63) is 53.6 Å². The summed E-state index contributed by atoms with van der Waals surface area (Å²) in [4.78, 5) is 26.5. The molecule has 0 unspecified atom stereocenters. The van der Waals surface area contributed by atoms with Crippen molar-refractivity contribution in [1.82, 2.24) is 0 Å². The Hall–Kier alpha value is -3.06. The number of hydrogen-bond donors (Lipinski definition) is 1. The molecule has 0 fully saturated rings. The van der Waals surface area contributed by atoms with E-state index in [0.29, 0.717) is 24.5 Å². The summed E-state index contributed by atoms with van der Waals surface area (Å²) in [5.41, 5.74) is 8.70. The Morgan fingerprint density at radius 2 is 1.86 bits per heavy atom. The first-order valence-electron chi connectivity index (χ1n) is 9.55. The molecule has 1 amide bonds. The van der Waals surface area contributed by atoms with Gasteiger partial charge in [0.25, 0.3) is 0 Å². The Morgan fingerprint density at radius 3 is 2.55 bits per heavy atom. The van der Waals surface area contributed by atoms with Gasteiger partial charge in [0.2, 0.25) is 5.91 Å². The van der Waals surface area contributed by atoms with E-state index in [1.54, 1.807) is 25.2 Å². The maximum absolute atomic E-state index is 12.8. The van der Waals surface area contributed by atoms with Gasteiger partial charge in [-0.25, -0.2) is 0 Å². The molecule has 0 bridgehead atoms. The molecule has 2 N–H and O–H groups in total. The number of carbonyl (C=O) groups is 2. The molecule has 0 radical (unpaired) electrons. The van der Waals surface area contributed by atoms with Gasteiger partial charge in [-0.1, -0.05) is 30.3 Å². The van der Waals surface area contributed by atoms with Crippen LogP contribution in [0.3, 0.4) is 0 Å². The zero-order valence-corrected chi connectivity index (χ0v) is 16.7. The van der Waals surface area contributed by atoms with E-state index in [1.165, 1.54) is 0 Å². The lowest BCUT2D eigenvalue weighted by Gasteiger charge is -2.22. The van der Waals surface area contributed by atoms with Crippen molar-refractivity contribution in [2.45, 2.75) is 31.9 Å². The van der Waals surface area contributed by atoms with Gasteiger partial charge in [-0.3, -0.25) is 9.59 Å². The second kappa shape index (κ2) is 9.43. The van der Waals surface area contributed by atoms with Gasteiger partial charge in [-0.05, 0) is 30.5 Å². The maximum atomic E-state index is 12.8. The monoisotopic (exact) mass is 398 g/mol. The molecule has 154 valence electrons. The van der Waals surface area contributed by atoms with Crippen molar-refractivity contribution in [3.8, 4) is 11.5 Å². The summed E-state index contributed by atoms with van der Waals surface area (Å²) in [5.74, 6) is 0.682. The molecule has 0 saturated carbocycles. The van der Waals surface area contributed by atoms with Gasteiger partial charge in [0.15, 0.2) is 11.5 Å². The van der Waals surface area contributed by atoms with Crippen LogP contribution in [0, 0.1) is 0 Å². The Morgan fingerprint density at radius 1 is 1.10 bits per heavy atom. The van der Waals surface area contributed by atoms with Gasteiger partial charge in [0, 0.05) is 18.5 Å². The van der Waals surface area contributed by atoms with Crippen molar-refractivity contribution < 1.29 is 23.8 Å². The van der Waals surface area contributed by atoms with Crippen LogP contribution >= 0.6 is 0 Å². The fourth-order valence-electron chi connectivity index (χ4n) is 3.46. The minimum Gasteiger partial charge on any atom is -0.493 e. The van der Waals surface area contributed by atoms with Crippen LogP contribution in [0.15, 0.2) is 42.5 Å². The second-order valence-electron chi connectivity index (χ2n) is 6.83. The van der Waals surface area contributed by atoms with E-state index in [-0.39, 0.29) is 31.3 Å². The molecule has 0 spiro atoms. The fraction of sp³-hybridized carbons (Fsp3) is 0.364. The number of anilines is 1. The first-order valence-corrected chi connectivity index (χ1v) is 9.55. The SMILES string of the molecule is COc1ccc2c(c1OC)CCN2C(=O)[C@@H](N)CCC(=O)OCc1ccccc1. The maximum Gasteiger partial charge on any atom is 0.306 e. The van der Waals surface area contributed by atoms with Crippen molar-refractivity contribution in [2.75, 3.05) is 25.7 Å². The summed E-state index contributed by atoms with van der Waals surface area (Å²) in [6, 6.07) is 12.3. The largest absolute Gasteiger partial charge is 0.493 e. The van der Waals surface area contributed by atoms with E-state index in [2.05, 4.69) is 0 Å².